The van der Waals surface area contributed by atoms with Crippen molar-refractivity contribution in [2.24, 2.45) is 0 Å². The average molecular weight is 343 g/mol. The Kier molecular flexibility index (Phi) is 4.53. The molecule has 0 aliphatic heterocycles. The van der Waals surface area contributed by atoms with Gasteiger partial charge in [0, 0.05) is 5.56 Å². The molecule has 0 bridgehead atoms. The topological polar surface area (TPSA) is 0 Å². The molecule has 0 N–H and O–H groups in total. The minimum atomic E-state index is -1.44. The molecule has 0 amide bonds. The summed E-state index contributed by atoms with van der Waals surface area (Å²) in [5.41, 5.74) is 2.04. The summed E-state index contributed by atoms with van der Waals surface area (Å²) in [5, 5.41) is 0. The zero-order valence-corrected chi connectivity index (χ0v) is 12.7. The van der Waals surface area contributed by atoms with E-state index >= 15 is 0 Å². The molecule has 0 spiro atoms. The molecular formula is C16H14BrF3. The van der Waals surface area contributed by atoms with Gasteiger partial charge in [-0.25, -0.2) is 13.2 Å². The number of halogens is 4. The molecule has 2 aromatic rings. The normalized spacial score (nSPS) is 12.8. The first-order valence-electron chi connectivity index (χ1n) is 6.29. The minimum absolute atomic E-state index is 0.0844. The summed E-state index contributed by atoms with van der Waals surface area (Å²) in [7, 11) is 0. The first kappa shape index (κ1) is 15.1. The van der Waals surface area contributed by atoms with Crippen molar-refractivity contribution < 1.29 is 13.2 Å². The van der Waals surface area contributed by atoms with Crippen LogP contribution in [0.2, 0.25) is 0 Å². The summed E-state index contributed by atoms with van der Waals surface area (Å²) in [6, 6.07) is 9.80. The van der Waals surface area contributed by atoms with Crippen molar-refractivity contribution in [2.45, 2.75) is 24.6 Å². The van der Waals surface area contributed by atoms with Crippen molar-refractivity contribution in [1.29, 1.82) is 0 Å². The highest BCUT2D eigenvalue weighted by Crippen LogP contribution is 2.34. The van der Waals surface area contributed by atoms with Crippen LogP contribution in [0.15, 0.2) is 36.4 Å². The molecule has 0 heterocycles. The molecule has 2 aromatic carbocycles. The second kappa shape index (κ2) is 6.00. The van der Waals surface area contributed by atoms with Gasteiger partial charge in [-0.3, -0.25) is 0 Å². The monoisotopic (exact) mass is 342 g/mol. The molecule has 0 fully saturated rings. The molecule has 0 saturated heterocycles. The van der Waals surface area contributed by atoms with Gasteiger partial charge in [0.1, 0.15) is 0 Å². The third-order valence-corrected chi connectivity index (χ3v) is 4.26. The van der Waals surface area contributed by atoms with E-state index in [9.17, 15) is 13.2 Å². The molecule has 0 aliphatic carbocycles. The quantitative estimate of drug-likeness (QED) is 0.495. The maximum atomic E-state index is 13.8. The highest BCUT2D eigenvalue weighted by atomic mass is 79.9. The number of rotatable bonds is 3. The van der Waals surface area contributed by atoms with Crippen molar-refractivity contribution in [1.82, 2.24) is 0 Å². The van der Waals surface area contributed by atoms with Gasteiger partial charge < -0.3 is 0 Å². The Hall–Kier alpha value is -1.29. The van der Waals surface area contributed by atoms with E-state index in [0.29, 0.717) is 5.92 Å². The zero-order valence-electron chi connectivity index (χ0n) is 11.1. The lowest BCUT2D eigenvalue weighted by Gasteiger charge is -2.14. The van der Waals surface area contributed by atoms with Gasteiger partial charge in [0.25, 0.3) is 0 Å². The predicted molar refractivity (Wildman–Crippen MR) is 77.6 cm³/mol. The molecule has 0 aliphatic rings. The lowest BCUT2D eigenvalue weighted by atomic mass is 9.98. The van der Waals surface area contributed by atoms with Gasteiger partial charge in [-0.1, -0.05) is 60.1 Å². The highest BCUT2D eigenvalue weighted by Gasteiger charge is 2.20. The van der Waals surface area contributed by atoms with Crippen LogP contribution in [0.25, 0.3) is 0 Å². The Morgan fingerprint density at radius 2 is 1.35 bits per heavy atom. The second-order valence-electron chi connectivity index (χ2n) is 4.95. The molecule has 0 nitrogen and oxygen atoms in total. The molecule has 4 heteroatoms. The second-order valence-corrected chi connectivity index (χ2v) is 5.86. The number of hydrogen-bond donors (Lipinski definition) is 0. The van der Waals surface area contributed by atoms with Gasteiger partial charge in [0.2, 0.25) is 0 Å². The van der Waals surface area contributed by atoms with Crippen LogP contribution in [0.5, 0.6) is 0 Å². The van der Waals surface area contributed by atoms with E-state index in [4.69, 9.17) is 0 Å². The molecule has 0 radical (unpaired) electrons. The Balaban J connectivity index is 2.36. The van der Waals surface area contributed by atoms with Crippen LogP contribution >= 0.6 is 15.9 Å². The minimum Gasteiger partial charge on any atom is -0.204 e. The fraction of sp³-hybridized carbons (Fsp3) is 0.250. The van der Waals surface area contributed by atoms with E-state index in [1.54, 1.807) is 0 Å². The summed E-state index contributed by atoms with van der Waals surface area (Å²) < 4.78 is 40.0. The first-order chi connectivity index (χ1) is 9.41. The fourth-order valence-electron chi connectivity index (χ4n) is 1.97. The van der Waals surface area contributed by atoms with E-state index in [2.05, 4.69) is 29.8 Å². The maximum absolute atomic E-state index is 13.8. The predicted octanol–water partition coefficient (Wildman–Crippen LogP) is 5.71. The van der Waals surface area contributed by atoms with Gasteiger partial charge in [-0.05, 0) is 23.1 Å². The van der Waals surface area contributed by atoms with E-state index in [-0.39, 0.29) is 5.56 Å². The van der Waals surface area contributed by atoms with Crippen molar-refractivity contribution in [2.75, 3.05) is 0 Å². The summed E-state index contributed by atoms with van der Waals surface area (Å²) in [4.78, 5) is -0.515. The van der Waals surface area contributed by atoms with E-state index in [1.165, 1.54) is 11.6 Å². The van der Waals surface area contributed by atoms with Crippen molar-refractivity contribution >= 4 is 15.9 Å². The molecule has 2 rings (SSSR count). The third-order valence-electron chi connectivity index (χ3n) is 3.23. The van der Waals surface area contributed by atoms with E-state index in [0.717, 1.165) is 11.6 Å². The molecule has 106 valence electrons. The molecule has 1 unspecified atom stereocenters. The van der Waals surface area contributed by atoms with Gasteiger partial charge in [-0.15, -0.1) is 0 Å². The smallest absolute Gasteiger partial charge is 0.194 e. The van der Waals surface area contributed by atoms with Crippen LogP contribution in [0.4, 0.5) is 13.2 Å². The largest absolute Gasteiger partial charge is 0.204 e. The lowest BCUT2D eigenvalue weighted by molar-refractivity contribution is 0.442. The molecule has 0 aromatic heterocycles. The van der Waals surface area contributed by atoms with Crippen LogP contribution in [0.1, 0.15) is 41.3 Å². The lowest BCUT2D eigenvalue weighted by Crippen LogP contribution is -2.01. The summed E-state index contributed by atoms with van der Waals surface area (Å²) in [6.07, 6.45) is 0. The molecule has 20 heavy (non-hydrogen) atoms. The number of alkyl halides is 1. The fourth-order valence-corrected chi connectivity index (χ4v) is 2.62. The average Bonchev–Trinajstić information content (AvgIpc) is 2.44. The maximum Gasteiger partial charge on any atom is 0.194 e. The first-order valence-corrected chi connectivity index (χ1v) is 7.20. The SMILES string of the molecule is CC(C)c1ccc(C(Br)c2ccc(F)c(F)c2F)cc1. The van der Waals surface area contributed by atoms with Gasteiger partial charge in [0.15, 0.2) is 17.5 Å². The van der Waals surface area contributed by atoms with Crippen LogP contribution in [-0.2, 0) is 0 Å². The van der Waals surface area contributed by atoms with Crippen LogP contribution in [-0.4, -0.2) is 0 Å². The molecule has 0 saturated carbocycles. The van der Waals surface area contributed by atoms with Gasteiger partial charge >= 0.3 is 0 Å². The van der Waals surface area contributed by atoms with Gasteiger partial charge in [-0.2, -0.15) is 0 Å². The van der Waals surface area contributed by atoms with Crippen LogP contribution < -0.4 is 0 Å². The van der Waals surface area contributed by atoms with Crippen molar-refractivity contribution in [3.05, 3.63) is 70.5 Å². The van der Waals surface area contributed by atoms with Gasteiger partial charge in [0.05, 0.1) is 4.83 Å². The number of benzene rings is 2. The highest BCUT2D eigenvalue weighted by molar-refractivity contribution is 9.09. The third kappa shape index (κ3) is 2.90. The Morgan fingerprint density at radius 1 is 0.800 bits per heavy atom. The Morgan fingerprint density at radius 3 is 1.90 bits per heavy atom. The molecular weight excluding hydrogens is 329 g/mol. The summed E-state index contributed by atoms with van der Waals surface area (Å²) in [5.74, 6) is -3.37. The Labute approximate surface area is 124 Å². The van der Waals surface area contributed by atoms with Crippen molar-refractivity contribution in [3.63, 3.8) is 0 Å². The summed E-state index contributed by atoms with van der Waals surface area (Å²) >= 11 is 3.34. The molecule has 1 atom stereocenters. The van der Waals surface area contributed by atoms with Crippen LogP contribution in [0.3, 0.4) is 0 Å². The van der Waals surface area contributed by atoms with Crippen LogP contribution in [0, 0.1) is 17.5 Å². The zero-order chi connectivity index (χ0) is 14.9. The summed E-state index contributed by atoms with van der Waals surface area (Å²) in [6.45, 7) is 4.16. The Bertz CT molecular complexity index is 606. The van der Waals surface area contributed by atoms with E-state index in [1.807, 2.05) is 24.3 Å². The van der Waals surface area contributed by atoms with Crippen molar-refractivity contribution in [3.8, 4) is 0 Å². The number of hydrogen-bond acceptors (Lipinski definition) is 0. The standard InChI is InChI=1S/C16H14BrF3/c1-9(2)10-3-5-11(6-4-10)14(17)12-7-8-13(18)16(20)15(12)19/h3-9,14H,1-2H3. The van der Waals surface area contributed by atoms with E-state index < -0.39 is 22.3 Å².